The van der Waals surface area contributed by atoms with E-state index in [-0.39, 0.29) is 43.6 Å². The standard InChI is InChI=1S/C34H45N5O5.H2S/c1-22(2)31-16-27(17-34(37-31)36-28-10-13-39(14-11-28)24(4)40)32(42)8-6-29(41)19-38-12-9-25-15-30(7-5-26(25)18-38)43-20-33-23(3)35-21-44-33;/h5,7,15-17,21-22,28-29,41H,6,8-14,18-20H2,1-4H3,(H,36,37);1H2/t29-;/m0./s1. The molecule has 0 bridgehead atoms. The predicted molar refractivity (Wildman–Crippen MR) is 178 cm³/mol. The molecule has 0 aliphatic carbocycles. The highest BCUT2D eigenvalue weighted by Crippen LogP contribution is 2.26. The summed E-state index contributed by atoms with van der Waals surface area (Å²) in [7, 11) is 0. The lowest BCUT2D eigenvalue weighted by atomic mass is 9.98. The van der Waals surface area contributed by atoms with Gasteiger partial charge in [-0.2, -0.15) is 13.5 Å². The molecule has 0 radical (unpaired) electrons. The molecule has 1 atom stereocenters. The topological polar surface area (TPSA) is 121 Å². The van der Waals surface area contributed by atoms with Crippen LogP contribution in [0.2, 0.25) is 0 Å². The third kappa shape index (κ3) is 9.31. The van der Waals surface area contributed by atoms with Gasteiger partial charge in [-0.1, -0.05) is 19.9 Å². The van der Waals surface area contributed by atoms with E-state index < -0.39 is 6.10 Å². The molecule has 1 amide bonds. The second-order valence-electron chi connectivity index (χ2n) is 12.4. The number of ketones is 1. The summed E-state index contributed by atoms with van der Waals surface area (Å²) in [5.74, 6) is 2.54. The summed E-state index contributed by atoms with van der Waals surface area (Å²) in [4.78, 5) is 37.9. The fraction of sp³-hybridized carbons (Fsp3) is 0.529. The number of rotatable bonds is 12. The average molecular weight is 638 g/mol. The number of aryl methyl sites for hydroxylation is 1. The van der Waals surface area contributed by atoms with Gasteiger partial charge in [0.05, 0.1) is 11.8 Å². The lowest BCUT2D eigenvalue weighted by Crippen LogP contribution is -2.41. The van der Waals surface area contributed by atoms with Crippen LogP contribution in [0.3, 0.4) is 0 Å². The third-order valence-corrected chi connectivity index (χ3v) is 8.71. The van der Waals surface area contributed by atoms with E-state index in [1.807, 2.05) is 30.0 Å². The van der Waals surface area contributed by atoms with Crippen LogP contribution in [0.5, 0.6) is 5.75 Å². The number of carbonyl (C=O) groups is 2. The first-order chi connectivity index (χ1) is 21.1. The van der Waals surface area contributed by atoms with Crippen molar-refractivity contribution in [2.75, 3.05) is 31.5 Å². The first-order valence-electron chi connectivity index (χ1n) is 15.8. The van der Waals surface area contributed by atoms with Gasteiger partial charge in [0.1, 0.15) is 18.2 Å². The van der Waals surface area contributed by atoms with Gasteiger partial charge in [0.25, 0.3) is 0 Å². The molecule has 2 aromatic heterocycles. The number of nitrogens with one attached hydrogen (secondary N) is 1. The summed E-state index contributed by atoms with van der Waals surface area (Å²) >= 11 is 0. The van der Waals surface area contributed by atoms with Crippen molar-refractivity contribution in [3.8, 4) is 5.75 Å². The summed E-state index contributed by atoms with van der Waals surface area (Å²) < 4.78 is 11.3. The lowest BCUT2D eigenvalue weighted by molar-refractivity contribution is -0.129. The van der Waals surface area contributed by atoms with E-state index in [4.69, 9.17) is 14.1 Å². The summed E-state index contributed by atoms with van der Waals surface area (Å²) in [5.41, 5.74) is 4.81. The number of amides is 1. The minimum Gasteiger partial charge on any atom is -0.486 e. The number of piperidine rings is 1. The van der Waals surface area contributed by atoms with Crippen LogP contribution in [-0.4, -0.2) is 74.9 Å². The van der Waals surface area contributed by atoms with Crippen LogP contribution >= 0.6 is 13.5 Å². The number of aliphatic hydroxyl groups excluding tert-OH is 1. The Labute approximate surface area is 273 Å². The molecule has 2 aliphatic rings. The lowest BCUT2D eigenvalue weighted by Gasteiger charge is -2.32. The van der Waals surface area contributed by atoms with Crippen molar-refractivity contribution in [1.29, 1.82) is 0 Å². The van der Waals surface area contributed by atoms with Gasteiger partial charge in [0.2, 0.25) is 5.91 Å². The molecule has 10 nitrogen and oxygen atoms in total. The molecule has 1 saturated heterocycles. The molecule has 1 fully saturated rings. The fourth-order valence-electron chi connectivity index (χ4n) is 5.91. The first kappa shape index (κ1) is 34.5. The molecule has 2 aliphatic heterocycles. The minimum atomic E-state index is -0.594. The van der Waals surface area contributed by atoms with Gasteiger partial charge < -0.3 is 24.5 Å². The van der Waals surface area contributed by atoms with Gasteiger partial charge in [-0.25, -0.2) is 9.97 Å². The van der Waals surface area contributed by atoms with Crippen molar-refractivity contribution in [2.24, 2.45) is 0 Å². The SMILES string of the molecule is CC(=O)N1CCC(Nc2cc(C(=O)CC[C@H](O)CN3CCc4cc(OCc5ocnc5C)ccc4C3)cc(C(C)C)n2)CC1.S. The molecule has 11 heteroatoms. The first-order valence-corrected chi connectivity index (χ1v) is 15.8. The Hall–Kier alpha value is -3.41. The van der Waals surface area contributed by atoms with Gasteiger partial charge in [0.15, 0.2) is 17.9 Å². The molecule has 5 rings (SSSR count). The fourth-order valence-corrected chi connectivity index (χ4v) is 5.91. The Balaban J connectivity index is 0.00000461. The Bertz CT molecular complexity index is 1450. The summed E-state index contributed by atoms with van der Waals surface area (Å²) in [5, 5.41) is 14.4. The molecule has 0 spiro atoms. The molecular weight excluding hydrogens is 590 g/mol. The summed E-state index contributed by atoms with van der Waals surface area (Å²) in [6.07, 6.45) is 4.09. The molecular formula is C34H47N5O5S. The number of ether oxygens (including phenoxy) is 1. The van der Waals surface area contributed by atoms with Gasteiger partial charge in [0, 0.05) is 63.4 Å². The molecule has 244 valence electrons. The third-order valence-electron chi connectivity index (χ3n) is 8.71. The number of aliphatic hydroxyl groups is 1. The molecule has 1 aromatic carbocycles. The van der Waals surface area contributed by atoms with E-state index in [0.717, 1.165) is 68.3 Å². The second-order valence-corrected chi connectivity index (χ2v) is 12.4. The van der Waals surface area contributed by atoms with Crippen LogP contribution in [0, 0.1) is 6.92 Å². The Morgan fingerprint density at radius 3 is 2.60 bits per heavy atom. The zero-order valence-electron chi connectivity index (χ0n) is 26.8. The van der Waals surface area contributed by atoms with Gasteiger partial charge >= 0.3 is 0 Å². The van der Waals surface area contributed by atoms with Crippen molar-refractivity contribution in [2.45, 2.75) is 91.0 Å². The molecule has 4 heterocycles. The molecule has 2 N–H and O–H groups in total. The molecule has 45 heavy (non-hydrogen) atoms. The zero-order chi connectivity index (χ0) is 31.2. The van der Waals surface area contributed by atoms with Gasteiger partial charge in [-0.3, -0.25) is 14.5 Å². The van der Waals surface area contributed by atoms with E-state index >= 15 is 0 Å². The van der Waals surface area contributed by atoms with Crippen LogP contribution in [0.25, 0.3) is 0 Å². The monoisotopic (exact) mass is 637 g/mol. The Kier molecular flexibility index (Phi) is 12.0. The number of benzene rings is 1. The quantitative estimate of drug-likeness (QED) is 0.264. The average Bonchev–Trinajstić information content (AvgIpc) is 3.43. The number of hydrogen-bond donors (Lipinski definition) is 2. The van der Waals surface area contributed by atoms with E-state index in [2.05, 4.69) is 41.2 Å². The van der Waals surface area contributed by atoms with Crippen molar-refractivity contribution >= 4 is 31.0 Å². The van der Waals surface area contributed by atoms with Crippen LogP contribution in [-0.2, 0) is 24.4 Å². The Morgan fingerprint density at radius 1 is 1.13 bits per heavy atom. The molecule has 0 saturated carbocycles. The van der Waals surface area contributed by atoms with Crippen LogP contribution in [0.4, 0.5) is 5.82 Å². The highest BCUT2D eigenvalue weighted by Gasteiger charge is 2.23. The van der Waals surface area contributed by atoms with Gasteiger partial charge in [-0.05, 0) is 73.9 Å². The predicted octanol–water partition coefficient (Wildman–Crippen LogP) is 5.00. The van der Waals surface area contributed by atoms with E-state index in [1.54, 1.807) is 6.92 Å². The van der Waals surface area contributed by atoms with Crippen LogP contribution < -0.4 is 10.1 Å². The maximum absolute atomic E-state index is 13.3. The number of pyridine rings is 1. The Morgan fingerprint density at radius 2 is 1.91 bits per heavy atom. The number of fused-ring (bicyclic) bond motifs is 1. The number of carbonyl (C=O) groups excluding carboxylic acids is 2. The zero-order valence-corrected chi connectivity index (χ0v) is 27.8. The van der Waals surface area contributed by atoms with Crippen molar-refractivity contribution in [3.63, 3.8) is 0 Å². The largest absolute Gasteiger partial charge is 0.486 e. The van der Waals surface area contributed by atoms with Crippen LogP contribution in [0.15, 0.2) is 41.1 Å². The van der Waals surface area contributed by atoms with Crippen molar-refractivity contribution < 1.29 is 23.8 Å². The number of likely N-dealkylation sites (tertiary alicyclic amines) is 1. The number of hydrogen-bond acceptors (Lipinski definition) is 9. The van der Waals surface area contributed by atoms with Crippen molar-refractivity contribution in [1.82, 2.24) is 19.8 Å². The number of nitrogens with zero attached hydrogens (tertiary/aromatic N) is 4. The number of Topliss-reactive ketones (excluding diaryl/α,β-unsaturated/α-hetero) is 1. The normalized spacial score (nSPS) is 16.2. The number of anilines is 1. The number of β-amino-alcohol motifs (C(OH)–C–C–N with tert-alkyl or cyclic N) is 1. The smallest absolute Gasteiger partial charge is 0.219 e. The van der Waals surface area contributed by atoms with Gasteiger partial charge in [-0.15, -0.1) is 0 Å². The number of oxazole rings is 1. The van der Waals surface area contributed by atoms with Crippen molar-refractivity contribution in [3.05, 3.63) is 70.6 Å². The number of aromatic nitrogens is 2. The maximum atomic E-state index is 13.3. The maximum Gasteiger partial charge on any atom is 0.219 e. The second kappa shape index (κ2) is 15.7. The minimum absolute atomic E-state index is 0. The van der Waals surface area contributed by atoms with E-state index in [1.165, 1.54) is 17.5 Å². The van der Waals surface area contributed by atoms with Crippen LogP contribution in [0.1, 0.15) is 91.0 Å². The highest BCUT2D eigenvalue weighted by molar-refractivity contribution is 7.59. The summed E-state index contributed by atoms with van der Waals surface area (Å²) in [6, 6.07) is 10.1. The summed E-state index contributed by atoms with van der Waals surface area (Å²) in [6.45, 7) is 11.6. The van der Waals surface area contributed by atoms with E-state index in [0.29, 0.717) is 31.0 Å². The molecule has 3 aromatic rings. The molecule has 0 unspecified atom stereocenters. The van der Waals surface area contributed by atoms with E-state index in [9.17, 15) is 14.7 Å². The highest BCUT2D eigenvalue weighted by atomic mass is 32.1.